The Hall–Kier alpha value is -2.44. The Bertz CT molecular complexity index is 1010. The summed E-state index contributed by atoms with van der Waals surface area (Å²) in [7, 11) is 0. The van der Waals surface area contributed by atoms with E-state index in [2.05, 4.69) is 25.7 Å². The number of aryl methyl sites for hydroxylation is 2. The van der Waals surface area contributed by atoms with Crippen molar-refractivity contribution < 1.29 is 4.74 Å². The van der Waals surface area contributed by atoms with Gasteiger partial charge in [0.1, 0.15) is 17.0 Å². The van der Waals surface area contributed by atoms with Gasteiger partial charge in [-0.2, -0.15) is 0 Å². The lowest BCUT2D eigenvalue weighted by molar-refractivity contribution is 0.122. The molecule has 2 heterocycles. The van der Waals surface area contributed by atoms with Crippen molar-refractivity contribution in [2.45, 2.75) is 20.4 Å². The van der Waals surface area contributed by atoms with Crippen molar-refractivity contribution in [2.75, 3.05) is 31.2 Å². The first kappa shape index (κ1) is 17.9. The molecule has 0 radical (unpaired) electrons. The van der Waals surface area contributed by atoms with Crippen molar-refractivity contribution >= 4 is 34.0 Å². The summed E-state index contributed by atoms with van der Waals surface area (Å²) in [4.78, 5) is 18.3. The number of aromatic nitrogens is 2. The van der Waals surface area contributed by atoms with Crippen LogP contribution in [0.25, 0.3) is 11.0 Å². The summed E-state index contributed by atoms with van der Waals surface area (Å²) < 4.78 is 7.53. The van der Waals surface area contributed by atoms with E-state index in [0.29, 0.717) is 31.0 Å². The number of imidazole rings is 1. The van der Waals surface area contributed by atoms with Gasteiger partial charge in [0, 0.05) is 23.8 Å². The van der Waals surface area contributed by atoms with Gasteiger partial charge in [-0.3, -0.25) is 0 Å². The predicted molar refractivity (Wildman–Crippen MR) is 108 cm³/mol. The fraction of sp³-hybridized carbons (Fsp3) is 0.350. The number of benzene rings is 2. The summed E-state index contributed by atoms with van der Waals surface area (Å²) in [6.07, 6.45) is 0. The molecule has 27 heavy (non-hydrogen) atoms. The third kappa shape index (κ3) is 3.31. The third-order valence-corrected chi connectivity index (χ3v) is 5.63. The largest absolute Gasteiger partial charge is 0.378 e. The van der Waals surface area contributed by atoms with Crippen LogP contribution in [0.4, 0.5) is 11.4 Å². The fourth-order valence-electron chi connectivity index (χ4n) is 3.58. The molecule has 0 bridgehead atoms. The number of hydrogen-bond donors (Lipinski definition) is 0. The first-order valence-corrected chi connectivity index (χ1v) is 9.37. The van der Waals surface area contributed by atoms with Crippen LogP contribution in [0.2, 0.25) is 5.02 Å². The van der Waals surface area contributed by atoms with Crippen molar-refractivity contribution in [3.8, 4) is 0 Å². The van der Waals surface area contributed by atoms with Crippen LogP contribution in [0.5, 0.6) is 0 Å². The molecule has 1 saturated heterocycles. The Labute approximate surface area is 162 Å². The van der Waals surface area contributed by atoms with Gasteiger partial charge in [-0.25, -0.2) is 4.98 Å². The number of ether oxygens (including phenoxy) is 1. The van der Waals surface area contributed by atoms with E-state index in [1.165, 1.54) is 0 Å². The predicted octanol–water partition coefficient (Wildman–Crippen LogP) is 4.59. The summed E-state index contributed by atoms with van der Waals surface area (Å²) in [5.41, 5.74) is 4.92. The van der Waals surface area contributed by atoms with Crippen LogP contribution in [0.15, 0.2) is 35.5 Å². The molecule has 0 atom stereocenters. The summed E-state index contributed by atoms with van der Waals surface area (Å²) in [6, 6.07) is 9.92. The van der Waals surface area contributed by atoms with Crippen molar-refractivity contribution in [3.05, 3.63) is 57.2 Å². The van der Waals surface area contributed by atoms with E-state index in [1.54, 1.807) is 0 Å². The van der Waals surface area contributed by atoms with E-state index in [1.807, 2.05) is 38.1 Å². The highest BCUT2D eigenvalue weighted by molar-refractivity contribution is 6.32. The normalized spacial score (nSPS) is 14.7. The molecule has 4 rings (SSSR count). The lowest BCUT2D eigenvalue weighted by Gasteiger charge is -2.29. The smallest absolute Gasteiger partial charge is 0.137 e. The zero-order valence-corrected chi connectivity index (χ0v) is 16.2. The molecule has 0 N–H and O–H groups in total. The number of nitrogens with zero attached hydrogens (tertiary/aromatic N) is 4. The van der Waals surface area contributed by atoms with Crippen LogP contribution in [0.3, 0.4) is 0 Å². The second kappa shape index (κ2) is 7.29. The lowest BCUT2D eigenvalue weighted by atomic mass is 10.1. The Kier molecular flexibility index (Phi) is 4.85. The molecule has 3 aromatic rings. The monoisotopic (exact) mass is 384 g/mol. The molecule has 0 spiro atoms. The third-order valence-electron chi connectivity index (χ3n) is 5.08. The minimum absolute atomic E-state index is 0.367. The number of rotatable bonds is 4. The molecule has 0 unspecified atom stereocenters. The van der Waals surface area contributed by atoms with Gasteiger partial charge in [0.2, 0.25) is 0 Å². The molecule has 0 saturated carbocycles. The molecule has 1 aromatic heterocycles. The molecular weight excluding hydrogens is 364 g/mol. The minimum Gasteiger partial charge on any atom is -0.378 e. The zero-order valence-electron chi connectivity index (χ0n) is 15.4. The molecule has 1 aliphatic rings. The van der Waals surface area contributed by atoms with Crippen molar-refractivity contribution in [1.82, 2.24) is 9.55 Å². The molecule has 1 fully saturated rings. The van der Waals surface area contributed by atoms with E-state index in [0.717, 1.165) is 46.3 Å². The van der Waals surface area contributed by atoms with Gasteiger partial charge >= 0.3 is 0 Å². The van der Waals surface area contributed by atoms with Gasteiger partial charge in [-0.1, -0.05) is 29.8 Å². The van der Waals surface area contributed by atoms with Crippen LogP contribution < -0.4 is 4.90 Å². The quantitative estimate of drug-likeness (QED) is 0.617. The van der Waals surface area contributed by atoms with E-state index in [4.69, 9.17) is 16.3 Å². The number of anilines is 1. The topological polar surface area (TPSA) is 59.7 Å². The maximum Gasteiger partial charge on any atom is 0.137 e. The van der Waals surface area contributed by atoms with E-state index in [-0.39, 0.29) is 0 Å². The number of halogens is 1. The summed E-state index contributed by atoms with van der Waals surface area (Å²) in [5.74, 6) is 0.826. The maximum atomic E-state index is 11.5. The molecule has 7 heteroatoms. The lowest BCUT2D eigenvalue weighted by Crippen LogP contribution is -2.36. The number of nitroso groups, excluding NO2 is 1. The van der Waals surface area contributed by atoms with E-state index in [9.17, 15) is 4.91 Å². The Morgan fingerprint density at radius 1 is 1.22 bits per heavy atom. The zero-order chi connectivity index (χ0) is 19.0. The van der Waals surface area contributed by atoms with E-state index < -0.39 is 0 Å². The van der Waals surface area contributed by atoms with Gasteiger partial charge in [0.15, 0.2) is 0 Å². The average molecular weight is 385 g/mol. The number of morpholine rings is 1. The van der Waals surface area contributed by atoms with Gasteiger partial charge in [-0.15, -0.1) is 4.91 Å². The van der Waals surface area contributed by atoms with Crippen molar-refractivity contribution in [1.29, 1.82) is 0 Å². The number of hydrogen-bond acceptors (Lipinski definition) is 5. The van der Waals surface area contributed by atoms with Crippen LogP contribution in [0.1, 0.15) is 17.0 Å². The Morgan fingerprint density at radius 2 is 2.00 bits per heavy atom. The van der Waals surface area contributed by atoms with Gasteiger partial charge in [0.05, 0.1) is 25.3 Å². The minimum atomic E-state index is 0.367. The van der Waals surface area contributed by atoms with Gasteiger partial charge in [-0.05, 0) is 42.3 Å². The summed E-state index contributed by atoms with van der Waals surface area (Å²) in [5, 5.41) is 4.00. The molecule has 2 aromatic carbocycles. The van der Waals surface area contributed by atoms with Gasteiger partial charge in [0.25, 0.3) is 0 Å². The van der Waals surface area contributed by atoms with Crippen molar-refractivity contribution in [3.63, 3.8) is 0 Å². The second-order valence-electron chi connectivity index (χ2n) is 6.82. The van der Waals surface area contributed by atoms with Crippen molar-refractivity contribution in [2.24, 2.45) is 5.18 Å². The van der Waals surface area contributed by atoms with Crippen LogP contribution in [-0.4, -0.2) is 35.9 Å². The SMILES string of the molecule is Cc1cccc(Cn2c(C)nc3c(N=O)cc(N4CCOCC4)cc32)c1Cl. The van der Waals surface area contributed by atoms with Crippen LogP contribution >= 0.6 is 11.6 Å². The molecule has 1 aliphatic heterocycles. The first-order chi connectivity index (χ1) is 13.1. The number of fused-ring (bicyclic) bond motifs is 1. The average Bonchev–Trinajstić information content (AvgIpc) is 3.00. The highest BCUT2D eigenvalue weighted by atomic mass is 35.5. The second-order valence-corrected chi connectivity index (χ2v) is 7.19. The summed E-state index contributed by atoms with van der Waals surface area (Å²) in [6.45, 7) is 7.47. The van der Waals surface area contributed by atoms with Crippen LogP contribution in [0, 0.1) is 18.8 Å². The highest BCUT2D eigenvalue weighted by Crippen LogP contribution is 2.33. The first-order valence-electron chi connectivity index (χ1n) is 8.99. The van der Waals surface area contributed by atoms with Gasteiger partial charge < -0.3 is 14.2 Å². The molecule has 140 valence electrons. The van der Waals surface area contributed by atoms with E-state index >= 15 is 0 Å². The Balaban J connectivity index is 1.83. The highest BCUT2D eigenvalue weighted by Gasteiger charge is 2.19. The molecule has 0 amide bonds. The standard InChI is InChI=1S/C20H21ClN4O2/c1-13-4-3-5-15(19(13)21)12-25-14(2)22-20-17(23-26)10-16(11-18(20)25)24-6-8-27-9-7-24/h3-5,10-11H,6-9,12H2,1-2H3. The fourth-order valence-corrected chi connectivity index (χ4v) is 3.77. The maximum absolute atomic E-state index is 11.5. The molecular formula is C20H21ClN4O2. The summed E-state index contributed by atoms with van der Waals surface area (Å²) >= 11 is 6.50. The molecule has 6 nitrogen and oxygen atoms in total. The van der Waals surface area contributed by atoms with Crippen LogP contribution in [-0.2, 0) is 11.3 Å². The Morgan fingerprint density at radius 3 is 2.74 bits per heavy atom. The molecule has 0 aliphatic carbocycles.